The van der Waals surface area contributed by atoms with Gasteiger partial charge in [0.2, 0.25) is 10.0 Å². The van der Waals surface area contributed by atoms with E-state index in [1.165, 1.54) is 4.31 Å². The van der Waals surface area contributed by atoms with E-state index in [0.717, 1.165) is 11.1 Å². The number of carbonyl (C=O) groups is 2. The topological polar surface area (TPSA) is 95.6 Å². The Balaban J connectivity index is 1.77. The maximum Gasteiger partial charge on any atom is 0.269 e. The first kappa shape index (κ1) is 19.1. The second-order valence-corrected chi connectivity index (χ2v) is 8.45. The largest absolute Gasteiger partial charge is 0.271 e. The Morgan fingerprint density at radius 2 is 1.63 bits per heavy atom. The van der Waals surface area contributed by atoms with Gasteiger partial charge in [0.15, 0.2) is 0 Å². The number of carbonyl (C=O) groups excluding carboxylic acids is 2. The highest BCUT2D eigenvalue weighted by molar-refractivity contribution is 7.89. The van der Waals surface area contributed by atoms with E-state index in [2.05, 4.69) is 10.9 Å². The van der Waals surface area contributed by atoms with E-state index in [0.29, 0.717) is 5.56 Å². The second-order valence-electron chi connectivity index (χ2n) is 6.24. The fraction of sp³-hybridized carbons (Fsp3) is 0.263. The highest BCUT2D eigenvalue weighted by atomic mass is 32.2. The van der Waals surface area contributed by atoms with Gasteiger partial charge in [-0.25, -0.2) is 8.42 Å². The van der Waals surface area contributed by atoms with Crippen molar-refractivity contribution in [1.82, 2.24) is 15.2 Å². The molecule has 1 aliphatic rings. The Bertz CT molecular complexity index is 944. The Morgan fingerprint density at radius 1 is 1.00 bits per heavy atom. The Morgan fingerprint density at radius 3 is 2.30 bits per heavy atom. The van der Waals surface area contributed by atoms with Crippen LogP contribution in [0.25, 0.3) is 0 Å². The predicted molar refractivity (Wildman–Crippen MR) is 101 cm³/mol. The second kappa shape index (κ2) is 7.89. The molecule has 8 heteroatoms. The van der Waals surface area contributed by atoms with Gasteiger partial charge in [0.05, 0.1) is 5.75 Å². The number of amides is 2. The average molecular weight is 387 g/mol. The van der Waals surface area contributed by atoms with Crippen molar-refractivity contribution in [1.29, 1.82) is 0 Å². The van der Waals surface area contributed by atoms with Gasteiger partial charge in [-0.05, 0) is 36.6 Å². The van der Waals surface area contributed by atoms with Crippen molar-refractivity contribution in [2.75, 3.05) is 5.75 Å². The van der Waals surface area contributed by atoms with Gasteiger partial charge in [0.25, 0.3) is 11.8 Å². The quantitative estimate of drug-likeness (QED) is 0.771. The summed E-state index contributed by atoms with van der Waals surface area (Å²) in [7, 11) is -3.59. The van der Waals surface area contributed by atoms with Crippen LogP contribution in [0.5, 0.6) is 0 Å². The fourth-order valence-electron chi connectivity index (χ4n) is 3.04. The van der Waals surface area contributed by atoms with Gasteiger partial charge in [-0.15, -0.1) is 0 Å². The molecule has 0 spiro atoms. The highest BCUT2D eigenvalue weighted by Gasteiger charge is 2.38. The summed E-state index contributed by atoms with van der Waals surface area (Å²) >= 11 is 0. The molecule has 0 aromatic heterocycles. The van der Waals surface area contributed by atoms with Crippen LogP contribution >= 0.6 is 0 Å². The number of hydrazine groups is 1. The standard InChI is InChI=1S/C19H21N3O4S/c1-2-27(25,26)22-13-16-11-7-6-10-15(16)12-17(22)19(24)21-20-18(23)14-8-4-3-5-9-14/h3-11,17H,2,12-13H2,1H3,(H,20,23)(H,21,24)/t17-/m1/s1. The average Bonchev–Trinajstić information content (AvgIpc) is 2.71. The Kier molecular flexibility index (Phi) is 5.57. The smallest absolute Gasteiger partial charge is 0.269 e. The first-order valence-electron chi connectivity index (χ1n) is 8.64. The minimum absolute atomic E-state index is 0.102. The van der Waals surface area contributed by atoms with Crippen molar-refractivity contribution in [2.24, 2.45) is 0 Å². The van der Waals surface area contributed by atoms with Crippen LogP contribution in [-0.4, -0.2) is 36.3 Å². The molecule has 3 rings (SSSR count). The fourth-order valence-corrected chi connectivity index (χ4v) is 4.27. The van der Waals surface area contributed by atoms with Gasteiger partial charge < -0.3 is 0 Å². The van der Waals surface area contributed by atoms with Crippen molar-refractivity contribution in [3.05, 3.63) is 71.3 Å². The van der Waals surface area contributed by atoms with Crippen LogP contribution in [0.1, 0.15) is 28.4 Å². The molecule has 1 heterocycles. The molecule has 0 saturated heterocycles. The van der Waals surface area contributed by atoms with Crippen molar-refractivity contribution in [2.45, 2.75) is 25.9 Å². The minimum Gasteiger partial charge on any atom is -0.271 e. The summed E-state index contributed by atoms with van der Waals surface area (Å²) in [5.41, 5.74) is 6.91. The monoisotopic (exact) mass is 387 g/mol. The summed E-state index contributed by atoms with van der Waals surface area (Å²) in [6, 6.07) is 15.0. The van der Waals surface area contributed by atoms with Crippen molar-refractivity contribution in [3.63, 3.8) is 0 Å². The van der Waals surface area contributed by atoms with E-state index in [-0.39, 0.29) is 18.7 Å². The van der Waals surface area contributed by atoms with E-state index in [9.17, 15) is 18.0 Å². The van der Waals surface area contributed by atoms with E-state index >= 15 is 0 Å². The normalized spacial score (nSPS) is 17.0. The van der Waals surface area contributed by atoms with Crippen LogP contribution in [0.2, 0.25) is 0 Å². The number of sulfonamides is 1. The molecular formula is C19H21N3O4S. The van der Waals surface area contributed by atoms with Crippen molar-refractivity contribution >= 4 is 21.8 Å². The third-order valence-electron chi connectivity index (χ3n) is 4.57. The van der Waals surface area contributed by atoms with Crippen molar-refractivity contribution < 1.29 is 18.0 Å². The lowest BCUT2D eigenvalue weighted by atomic mass is 9.95. The summed E-state index contributed by atoms with van der Waals surface area (Å²) in [5, 5.41) is 0. The number of hydrogen-bond acceptors (Lipinski definition) is 4. The summed E-state index contributed by atoms with van der Waals surface area (Å²) in [6.45, 7) is 1.68. The first-order chi connectivity index (χ1) is 12.9. The van der Waals surface area contributed by atoms with E-state index in [4.69, 9.17) is 0 Å². The van der Waals surface area contributed by atoms with Crippen LogP contribution in [-0.2, 0) is 27.8 Å². The first-order valence-corrected chi connectivity index (χ1v) is 10.2. The maximum atomic E-state index is 12.7. The molecule has 1 aliphatic heterocycles. The van der Waals surface area contributed by atoms with Crippen LogP contribution in [0.15, 0.2) is 54.6 Å². The van der Waals surface area contributed by atoms with Gasteiger partial charge in [-0.2, -0.15) is 4.31 Å². The molecular weight excluding hydrogens is 366 g/mol. The lowest BCUT2D eigenvalue weighted by molar-refractivity contribution is -0.126. The lowest BCUT2D eigenvalue weighted by Gasteiger charge is -2.34. The van der Waals surface area contributed by atoms with E-state index in [1.807, 2.05) is 24.3 Å². The SMILES string of the molecule is CCS(=O)(=O)N1Cc2ccccc2C[C@@H]1C(=O)NNC(=O)c1ccccc1. The molecule has 2 N–H and O–H groups in total. The third kappa shape index (κ3) is 4.17. The number of fused-ring (bicyclic) bond motifs is 1. The zero-order chi connectivity index (χ0) is 19.4. The number of benzene rings is 2. The molecule has 0 bridgehead atoms. The van der Waals surface area contributed by atoms with E-state index in [1.54, 1.807) is 37.3 Å². The predicted octanol–water partition coefficient (Wildman–Crippen LogP) is 1.22. The summed E-state index contributed by atoms with van der Waals surface area (Å²) in [4.78, 5) is 24.8. The number of rotatable bonds is 4. The molecule has 0 fully saturated rings. The maximum absolute atomic E-state index is 12.7. The molecule has 0 unspecified atom stereocenters. The minimum atomic E-state index is -3.59. The number of nitrogens with one attached hydrogen (secondary N) is 2. The lowest BCUT2D eigenvalue weighted by Crippen LogP contribution is -2.56. The molecule has 142 valence electrons. The molecule has 2 aromatic rings. The molecule has 0 saturated carbocycles. The van der Waals surface area contributed by atoms with Gasteiger partial charge >= 0.3 is 0 Å². The molecule has 0 aliphatic carbocycles. The van der Waals surface area contributed by atoms with Gasteiger partial charge in [-0.1, -0.05) is 42.5 Å². The van der Waals surface area contributed by atoms with Crippen LogP contribution in [0, 0.1) is 0 Å². The zero-order valence-corrected chi connectivity index (χ0v) is 15.7. The summed E-state index contributed by atoms with van der Waals surface area (Å²) in [5.74, 6) is -1.13. The molecule has 7 nitrogen and oxygen atoms in total. The van der Waals surface area contributed by atoms with Gasteiger partial charge in [-0.3, -0.25) is 20.4 Å². The van der Waals surface area contributed by atoms with Gasteiger partial charge in [0, 0.05) is 12.1 Å². The molecule has 2 aromatic carbocycles. The zero-order valence-electron chi connectivity index (χ0n) is 14.9. The van der Waals surface area contributed by atoms with E-state index < -0.39 is 27.9 Å². The summed E-state index contributed by atoms with van der Waals surface area (Å²) in [6.07, 6.45) is 0.252. The highest BCUT2D eigenvalue weighted by Crippen LogP contribution is 2.26. The van der Waals surface area contributed by atoms with Crippen LogP contribution in [0.3, 0.4) is 0 Å². The van der Waals surface area contributed by atoms with Crippen LogP contribution < -0.4 is 10.9 Å². The summed E-state index contributed by atoms with van der Waals surface area (Å²) < 4.78 is 26.2. The molecule has 2 amide bonds. The van der Waals surface area contributed by atoms with Crippen molar-refractivity contribution in [3.8, 4) is 0 Å². The molecule has 1 atom stereocenters. The Hall–Kier alpha value is -2.71. The Labute approximate surface area is 158 Å². The van der Waals surface area contributed by atoms with Gasteiger partial charge in [0.1, 0.15) is 6.04 Å². The molecule has 0 radical (unpaired) electrons. The third-order valence-corrected chi connectivity index (χ3v) is 6.39. The number of hydrogen-bond donors (Lipinski definition) is 2. The van der Waals surface area contributed by atoms with Crippen LogP contribution in [0.4, 0.5) is 0 Å². The number of nitrogens with zero attached hydrogens (tertiary/aromatic N) is 1. The molecule has 27 heavy (non-hydrogen) atoms.